The molecule has 0 bridgehead atoms. The number of benzene rings is 1. The van der Waals surface area contributed by atoms with Gasteiger partial charge in [0.05, 0.1) is 11.3 Å². The van der Waals surface area contributed by atoms with Crippen LogP contribution in [0, 0.1) is 17.7 Å². The molecule has 5 heteroatoms. The maximum atomic E-state index is 13.9. The van der Waals surface area contributed by atoms with Crippen molar-refractivity contribution in [2.24, 2.45) is 22.7 Å². The number of nitrogens with zero attached hydrogens (tertiary/aromatic N) is 2. The number of halogens is 1. The Morgan fingerprint density at radius 2 is 2.16 bits per heavy atom. The van der Waals surface area contributed by atoms with E-state index in [-0.39, 0.29) is 11.4 Å². The quantitative estimate of drug-likeness (QED) is 0.373. The second kappa shape index (κ2) is 5.47. The lowest BCUT2D eigenvalue weighted by atomic mass is 9.88. The SMILES string of the molecule is CC1CCN(c2cccc(F)c2/C(N)=N/O)CC1C. The Bertz CT molecular complexity index is 490. The second-order valence-corrected chi connectivity index (χ2v) is 5.31. The Morgan fingerprint density at radius 3 is 2.79 bits per heavy atom. The van der Waals surface area contributed by atoms with Crippen LogP contribution >= 0.6 is 0 Å². The van der Waals surface area contributed by atoms with Crippen molar-refractivity contribution in [3.05, 3.63) is 29.6 Å². The first-order valence-electron chi connectivity index (χ1n) is 6.56. The molecule has 1 aromatic rings. The molecule has 2 unspecified atom stereocenters. The molecule has 0 saturated carbocycles. The summed E-state index contributed by atoms with van der Waals surface area (Å²) in [5.74, 6) is 0.563. The van der Waals surface area contributed by atoms with Gasteiger partial charge in [0.25, 0.3) is 0 Å². The Morgan fingerprint density at radius 1 is 1.42 bits per heavy atom. The predicted octanol–water partition coefficient (Wildman–Crippen LogP) is 2.40. The minimum atomic E-state index is -0.459. The Kier molecular flexibility index (Phi) is 3.93. The van der Waals surface area contributed by atoms with Crippen LogP contribution in [0.3, 0.4) is 0 Å². The first kappa shape index (κ1) is 13.6. The summed E-state index contributed by atoms with van der Waals surface area (Å²) in [6, 6.07) is 4.80. The van der Waals surface area contributed by atoms with Crippen LogP contribution in [0.4, 0.5) is 10.1 Å². The fourth-order valence-corrected chi connectivity index (χ4v) is 2.56. The van der Waals surface area contributed by atoms with Crippen LogP contribution < -0.4 is 10.6 Å². The van der Waals surface area contributed by atoms with Crippen LogP contribution in [0.2, 0.25) is 0 Å². The van der Waals surface area contributed by atoms with Gasteiger partial charge in [-0.25, -0.2) is 4.39 Å². The van der Waals surface area contributed by atoms with Crippen molar-refractivity contribution in [3.63, 3.8) is 0 Å². The molecule has 2 rings (SSSR count). The van der Waals surface area contributed by atoms with Crippen LogP contribution in [0.25, 0.3) is 0 Å². The summed E-state index contributed by atoms with van der Waals surface area (Å²) in [6.07, 6.45) is 1.06. The highest BCUT2D eigenvalue weighted by Gasteiger charge is 2.26. The third-order valence-electron chi connectivity index (χ3n) is 4.03. The molecule has 0 amide bonds. The van der Waals surface area contributed by atoms with Gasteiger partial charge in [-0.1, -0.05) is 25.1 Å². The van der Waals surface area contributed by atoms with Crippen LogP contribution in [0.15, 0.2) is 23.4 Å². The lowest BCUT2D eigenvalue weighted by Gasteiger charge is -2.37. The van der Waals surface area contributed by atoms with E-state index in [0.717, 1.165) is 19.5 Å². The average Bonchev–Trinajstić information content (AvgIpc) is 2.41. The molecule has 0 aromatic heterocycles. The molecule has 0 spiro atoms. The van der Waals surface area contributed by atoms with Gasteiger partial charge < -0.3 is 15.8 Å². The second-order valence-electron chi connectivity index (χ2n) is 5.31. The van der Waals surface area contributed by atoms with E-state index in [1.54, 1.807) is 6.07 Å². The molecule has 104 valence electrons. The van der Waals surface area contributed by atoms with Gasteiger partial charge in [0.15, 0.2) is 5.84 Å². The fourth-order valence-electron chi connectivity index (χ4n) is 2.56. The number of rotatable bonds is 2. The number of oxime groups is 1. The number of nitrogens with two attached hydrogens (primary N) is 1. The molecule has 3 N–H and O–H groups in total. The van der Waals surface area contributed by atoms with E-state index < -0.39 is 5.82 Å². The van der Waals surface area contributed by atoms with Gasteiger partial charge in [0.2, 0.25) is 0 Å². The van der Waals surface area contributed by atoms with E-state index >= 15 is 0 Å². The van der Waals surface area contributed by atoms with Crippen LogP contribution in [-0.4, -0.2) is 24.1 Å². The molecule has 0 aliphatic carbocycles. The minimum absolute atomic E-state index is 0.181. The molecule has 1 aliphatic rings. The minimum Gasteiger partial charge on any atom is -0.409 e. The Labute approximate surface area is 112 Å². The highest BCUT2D eigenvalue weighted by molar-refractivity contribution is 6.02. The summed E-state index contributed by atoms with van der Waals surface area (Å²) in [6.45, 7) is 6.15. The maximum Gasteiger partial charge on any atom is 0.175 e. The van der Waals surface area contributed by atoms with Gasteiger partial charge in [0.1, 0.15) is 5.82 Å². The van der Waals surface area contributed by atoms with E-state index in [0.29, 0.717) is 17.5 Å². The van der Waals surface area contributed by atoms with Crippen molar-refractivity contribution in [2.45, 2.75) is 20.3 Å². The molecule has 1 aromatic carbocycles. The summed E-state index contributed by atoms with van der Waals surface area (Å²) in [5, 5.41) is 11.7. The summed E-state index contributed by atoms with van der Waals surface area (Å²) < 4.78 is 13.9. The molecule has 1 fully saturated rings. The number of piperidine rings is 1. The molecular weight excluding hydrogens is 245 g/mol. The zero-order valence-electron chi connectivity index (χ0n) is 11.3. The third-order valence-corrected chi connectivity index (χ3v) is 4.03. The van der Waals surface area contributed by atoms with Crippen molar-refractivity contribution in [3.8, 4) is 0 Å². The maximum absolute atomic E-state index is 13.9. The van der Waals surface area contributed by atoms with Crippen molar-refractivity contribution >= 4 is 11.5 Å². The highest BCUT2D eigenvalue weighted by Crippen LogP contribution is 2.30. The first-order chi connectivity index (χ1) is 9.04. The van der Waals surface area contributed by atoms with Gasteiger partial charge in [-0.15, -0.1) is 0 Å². The van der Waals surface area contributed by atoms with E-state index in [1.807, 2.05) is 6.07 Å². The van der Waals surface area contributed by atoms with Gasteiger partial charge >= 0.3 is 0 Å². The lowest BCUT2D eigenvalue weighted by Crippen LogP contribution is -2.39. The molecule has 19 heavy (non-hydrogen) atoms. The smallest absolute Gasteiger partial charge is 0.175 e. The highest BCUT2D eigenvalue weighted by atomic mass is 19.1. The average molecular weight is 265 g/mol. The van der Waals surface area contributed by atoms with Gasteiger partial charge in [0, 0.05) is 13.1 Å². The molecule has 4 nitrogen and oxygen atoms in total. The summed E-state index contributed by atoms with van der Waals surface area (Å²) >= 11 is 0. The van der Waals surface area contributed by atoms with Crippen LogP contribution in [-0.2, 0) is 0 Å². The number of amidine groups is 1. The van der Waals surface area contributed by atoms with Crippen molar-refractivity contribution in [1.82, 2.24) is 0 Å². The van der Waals surface area contributed by atoms with Crippen molar-refractivity contribution in [1.29, 1.82) is 0 Å². The summed E-state index contributed by atoms with van der Waals surface area (Å²) in [5.41, 5.74) is 6.49. The van der Waals surface area contributed by atoms with E-state index in [9.17, 15) is 4.39 Å². The lowest BCUT2D eigenvalue weighted by molar-refractivity contribution is 0.317. The number of anilines is 1. The first-order valence-corrected chi connectivity index (χ1v) is 6.56. The van der Waals surface area contributed by atoms with Gasteiger partial charge in [-0.3, -0.25) is 0 Å². The largest absolute Gasteiger partial charge is 0.409 e. The van der Waals surface area contributed by atoms with Crippen molar-refractivity contribution in [2.75, 3.05) is 18.0 Å². The summed E-state index contributed by atoms with van der Waals surface area (Å²) in [7, 11) is 0. The van der Waals surface area contributed by atoms with E-state index in [2.05, 4.69) is 23.9 Å². The zero-order valence-corrected chi connectivity index (χ0v) is 11.3. The third kappa shape index (κ3) is 2.64. The normalized spacial score (nSPS) is 24.6. The van der Waals surface area contributed by atoms with Gasteiger partial charge in [-0.05, 0) is 30.4 Å². The predicted molar refractivity (Wildman–Crippen MR) is 74.1 cm³/mol. The molecule has 1 heterocycles. The fraction of sp³-hybridized carbons (Fsp3) is 0.500. The molecule has 1 aliphatic heterocycles. The van der Waals surface area contributed by atoms with Crippen molar-refractivity contribution < 1.29 is 9.60 Å². The van der Waals surface area contributed by atoms with E-state index in [1.165, 1.54) is 6.07 Å². The van der Waals surface area contributed by atoms with Gasteiger partial charge in [-0.2, -0.15) is 0 Å². The monoisotopic (exact) mass is 265 g/mol. The topological polar surface area (TPSA) is 61.8 Å². The number of hydrogen-bond acceptors (Lipinski definition) is 3. The number of hydrogen-bond donors (Lipinski definition) is 2. The molecular formula is C14H20FN3O. The zero-order chi connectivity index (χ0) is 14.0. The Hall–Kier alpha value is -1.78. The Balaban J connectivity index is 2.37. The molecule has 0 radical (unpaired) electrons. The van der Waals surface area contributed by atoms with E-state index in [4.69, 9.17) is 10.9 Å². The summed E-state index contributed by atoms with van der Waals surface area (Å²) in [4.78, 5) is 2.11. The van der Waals surface area contributed by atoms with Crippen LogP contribution in [0.5, 0.6) is 0 Å². The standard InChI is InChI=1S/C14H20FN3O/c1-9-6-7-18(8-10(9)2)12-5-3-4-11(15)13(12)14(16)17-19/h3-5,9-10,19H,6-8H2,1-2H3,(H2,16,17). The molecule has 1 saturated heterocycles. The van der Waals surface area contributed by atoms with Crippen LogP contribution in [0.1, 0.15) is 25.8 Å². The molecule has 2 atom stereocenters.